The molecule has 0 bridgehead atoms. The zero-order valence-corrected chi connectivity index (χ0v) is 10.1. The number of aryl methyl sites for hydroxylation is 2. The maximum Gasteiger partial charge on any atom is 0.165 e. The van der Waals surface area contributed by atoms with Crippen LogP contribution in [0, 0.1) is 19.8 Å². The van der Waals surface area contributed by atoms with E-state index in [0.29, 0.717) is 0 Å². The summed E-state index contributed by atoms with van der Waals surface area (Å²) in [6.07, 6.45) is 2.05. The van der Waals surface area contributed by atoms with Crippen LogP contribution >= 0.6 is 0 Å². The molecule has 0 fully saturated rings. The molecule has 0 aliphatic heterocycles. The number of benzene rings is 1. The van der Waals surface area contributed by atoms with Gasteiger partial charge in [0.2, 0.25) is 0 Å². The molecule has 0 aliphatic rings. The van der Waals surface area contributed by atoms with Gasteiger partial charge in [-0.25, -0.2) is 0 Å². The summed E-state index contributed by atoms with van der Waals surface area (Å²) in [5.41, 5.74) is 3.30. The van der Waals surface area contributed by atoms with Gasteiger partial charge in [0.15, 0.2) is 5.78 Å². The molecule has 1 unspecified atom stereocenters. The molecule has 0 aromatic heterocycles. The highest BCUT2D eigenvalue weighted by atomic mass is 16.1. The number of rotatable bonds is 4. The Bertz CT molecular complexity index is 352. The third-order valence-corrected chi connectivity index (χ3v) is 2.96. The van der Waals surface area contributed by atoms with Crippen LogP contribution in [-0.4, -0.2) is 5.78 Å². The molecule has 1 aromatic rings. The number of Topliss-reactive ketones (excluding diaryl/α,β-unsaturated/α-hetero) is 1. The smallest absolute Gasteiger partial charge is 0.165 e. The molecule has 1 heteroatoms. The van der Waals surface area contributed by atoms with E-state index in [-0.39, 0.29) is 11.7 Å². The van der Waals surface area contributed by atoms with Crippen LogP contribution in [0.2, 0.25) is 0 Å². The Morgan fingerprint density at radius 3 is 2.47 bits per heavy atom. The van der Waals surface area contributed by atoms with Crippen molar-refractivity contribution in [1.29, 1.82) is 0 Å². The highest BCUT2D eigenvalue weighted by Gasteiger charge is 2.14. The molecule has 0 radical (unpaired) electrons. The first-order valence-corrected chi connectivity index (χ1v) is 5.67. The van der Waals surface area contributed by atoms with Gasteiger partial charge < -0.3 is 0 Å². The van der Waals surface area contributed by atoms with Gasteiger partial charge in [-0.05, 0) is 37.5 Å². The van der Waals surface area contributed by atoms with Gasteiger partial charge in [-0.2, -0.15) is 0 Å². The second kappa shape index (κ2) is 5.11. The van der Waals surface area contributed by atoms with Gasteiger partial charge >= 0.3 is 0 Å². The molecule has 0 heterocycles. The average Bonchev–Trinajstić information content (AvgIpc) is 2.21. The predicted molar refractivity (Wildman–Crippen MR) is 64.3 cm³/mol. The van der Waals surface area contributed by atoms with Crippen molar-refractivity contribution in [2.75, 3.05) is 0 Å². The molecule has 0 saturated carbocycles. The molecule has 1 nitrogen and oxygen atoms in total. The van der Waals surface area contributed by atoms with Gasteiger partial charge in [0.25, 0.3) is 0 Å². The maximum absolute atomic E-state index is 12.0. The largest absolute Gasteiger partial charge is 0.294 e. The predicted octanol–water partition coefficient (Wildman–Crippen LogP) is 3.92. The summed E-state index contributed by atoms with van der Waals surface area (Å²) in [4.78, 5) is 12.0. The van der Waals surface area contributed by atoms with Crippen molar-refractivity contribution in [1.82, 2.24) is 0 Å². The lowest BCUT2D eigenvalue weighted by atomic mass is 9.93. The summed E-state index contributed by atoms with van der Waals surface area (Å²) in [5.74, 6) is 0.428. The molecule has 15 heavy (non-hydrogen) atoms. The monoisotopic (exact) mass is 204 g/mol. The third-order valence-electron chi connectivity index (χ3n) is 2.96. The fourth-order valence-corrected chi connectivity index (χ4v) is 1.74. The summed E-state index contributed by atoms with van der Waals surface area (Å²) >= 11 is 0. The molecule has 1 atom stereocenters. The Kier molecular flexibility index (Phi) is 4.07. The van der Waals surface area contributed by atoms with Crippen LogP contribution < -0.4 is 0 Å². The summed E-state index contributed by atoms with van der Waals surface area (Å²) in [6, 6.07) is 5.97. The summed E-state index contributed by atoms with van der Waals surface area (Å²) in [7, 11) is 0. The van der Waals surface area contributed by atoms with Gasteiger partial charge in [-0.3, -0.25) is 4.79 Å². The van der Waals surface area contributed by atoms with E-state index in [0.717, 1.165) is 18.4 Å². The minimum absolute atomic E-state index is 0.150. The molecule has 1 rings (SSSR count). The minimum atomic E-state index is 0.150. The zero-order valence-electron chi connectivity index (χ0n) is 10.1. The van der Waals surface area contributed by atoms with Crippen LogP contribution in [0.1, 0.15) is 48.2 Å². The van der Waals surface area contributed by atoms with E-state index < -0.39 is 0 Å². The average molecular weight is 204 g/mol. The van der Waals surface area contributed by atoms with Crippen LogP contribution in [0.15, 0.2) is 18.2 Å². The number of carbonyl (C=O) groups is 1. The Morgan fingerprint density at radius 1 is 1.27 bits per heavy atom. The van der Waals surface area contributed by atoms with Gasteiger partial charge in [0.1, 0.15) is 0 Å². The van der Waals surface area contributed by atoms with E-state index in [4.69, 9.17) is 0 Å². The summed E-state index contributed by atoms with van der Waals surface area (Å²) in [6.45, 7) is 8.25. The van der Waals surface area contributed by atoms with E-state index in [1.165, 1.54) is 11.1 Å². The second-order valence-electron chi connectivity index (χ2n) is 4.35. The lowest BCUT2D eigenvalue weighted by molar-refractivity contribution is 0.0923. The highest BCUT2D eigenvalue weighted by Crippen LogP contribution is 2.16. The van der Waals surface area contributed by atoms with Crippen molar-refractivity contribution in [3.8, 4) is 0 Å². The molecule has 0 spiro atoms. The van der Waals surface area contributed by atoms with E-state index >= 15 is 0 Å². The van der Waals surface area contributed by atoms with Crippen molar-refractivity contribution < 1.29 is 4.79 Å². The minimum Gasteiger partial charge on any atom is -0.294 e. The van der Waals surface area contributed by atoms with Crippen LogP contribution in [0.5, 0.6) is 0 Å². The Balaban J connectivity index is 2.87. The molecule has 0 saturated heterocycles. The van der Waals surface area contributed by atoms with E-state index in [1.54, 1.807) is 0 Å². The molecule has 1 aromatic carbocycles. The van der Waals surface area contributed by atoms with Gasteiger partial charge in [-0.1, -0.05) is 32.4 Å². The first-order chi connectivity index (χ1) is 7.06. The van der Waals surface area contributed by atoms with Gasteiger partial charge in [-0.15, -0.1) is 0 Å². The van der Waals surface area contributed by atoms with Crippen LogP contribution in [-0.2, 0) is 0 Å². The number of hydrogen-bond acceptors (Lipinski definition) is 1. The van der Waals surface area contributed by atoms with Gasteiger partial charge in [0.05, 0.1) is 0 Å². The summed E-state index contributed by atoms with van der Waals surface area (Å²) in [5, 5.41) is 0. The van der Waals surface area contributed by atoms with Gasteiger partial charge in [0, 0.05) is 11.5 Å². The van der Waals surface area contributed by atoms with Crippen molar-refractivity contribution in [3.63, 3.8) is 0 Å². The number of hydrogen-bond donors (Lipinski definition) is 0. The standard InChI is InChI=1S/C14H20O/c1-5-6-11(3)14(15)13-8-7-10(2)12(4)9-13/h7-9,11H,5-6H2,1-4H3. The third kappa shape index (κ3) is 2.92. The van der Waals surface area contributed by atoms with Crippen LogP contribution in [0.25, 0.3) is 0 Å². The quantitative estimate of drug-likeness (QED) is 0.679. The molecule has 0 N–H and O–H groups in total. The first-order valence-electron chi connectivity index (χ1n) is 5.67. The second-order valence-corrected chi connectivity index (χ2v) is 4.35. The topological polar surface area (TPSA) is 17.1 Å². The molecule has 0 amide bonds. The van der Waals surface area contributed by atoms with Crippen LogP contribution in [0.4, 0.5) is 0 Å². The van der Waals surface area contributed by atoms with Crippen molar-refractivity contribution in [2.24, 2.45) is 5.92 Å². The first kappa shape index (κ1) is 12.0. The molecule has 82 valence electrons. The Labute approximate surface area is 92.5 Å². The van der Waals surface area contributed by atoms with E-state index in [1.807, 2.05) is 25.1 Å². The van der Waals surface area contributed by atoms with E-state index in [9.17, 15) is 4.79 Å². The lowest BCUT2D eigenvalue weighted by Gasteiger charge is -2.10. The fourth-order valence-electron chi connectivity index (χ4n) is 1.74. The number of ketones is 1. The van der Waals surface area contributed by atoms with Crippen molar-refractivity contribution in [3.05, 3.63) is 34.9 Å². The normalized spacial score (nSPS) is 12.5. The SMILES string of the molecule is CCCC(C)C(=O)c1ccc(C)c(C)c1. The van der Waals surface area contributed by atoms with E-state index in [2.05, 4.69) is 20.8 Å². The highest BCUT2D eigenvalue weighted by molar-refractivity contribution is 5.97. The van der Waals surface area contributed by atoms with Crippen molar-refractivity contribution >= 4 is 5.78 Å². The van der Waals surface area contributed by atoms with Crippen molar-refractivity contribution in [2.45, 2.75) is 40.5 Å². The zero-order chi connectivity index (χ0) is 11.4. The molecule has 0 aliphatic carbocycles. The van der Waals surface area contributed by atoms with Crippen LogP contribution in [0.3, 0.4) is 0 Å². The Morgan fingerprint density at radius 2 is 1.93 bits per heavy atom. The molecular weight excluding hydrogens is 184 g/mol. The lowest BCUT2D eigenvalue weighted by Crippen LogP contribution is -2.11. The summed E-state index contributed by atoms with van der Waals surface area (Å²) < 4.78 is 0. The Hall–Kier alpha value is -1.11. The number of carbonyl (C=O) groups excluding carboxylic acids is 1. The maximum atomic E-state index is 12.0. The molecular formula is C14H20O. The fraction of sp³-hybridized carbons (Fsp3) is 0.500.